The first-order valence-electron chi connectivity index (χ1n) is 8.84. The molecule has 1 aromatic heterocycles. The number of nitrogens with zero attached hydrogens (tertiary/aromatic N) is 2. The second kappa shape index (κ2) is 8.98. The van der Waals surface area contributed by atoms with Crippen molar-refractivity contribution in [1.29, 1.82) is 0 Å². The number of hydrogen-bond donors (Lipinski definition) is 2. The Bertz CT molecular complexity index is 885. The number of guanidine groups is 1. The van der Waals surface area contributed by atoms with Gasteiger partial charge < -0.3 is 15.1 Å². The van der Waals surface area contributed by atoms with E-state index in [1.165, 1.54) is 23.3 Å². The summed E-state index contributed by atoms with van der Waals surface area (Å²) in [5.74, 6) is 0.948. The van der Waals surface area contributed by atoms with Crippen LogP contribution in [0.25, 0.3) is 11.5 Å². The summed E-state index contributed by atoms with van der Waals surface area (Å²) in [4.78, 5) is 8.67. The Labute approximate surface area is 158 Å². The Morgan fingerprint density at radius 2 is 1.81 bits per heavy atom. The molecule has 5 nitrogen and oxygen atoms in total. The van der Waals surface area contributed by atoms with Crippen molar-refractivity contribution in [3.63, 3.8) is 0 Å². The molecule has 0 aliphatic heterocycles. The fraction of sp³-hybridized carbons (Fsp3) is 0.238. The molecule has 0 radical (unpaired) electrons. The molecule has 3 rings (SSSR count). The van der Waals surface area contributed by atoms with Crippen LogP contribution in [0.15, 0.2) is 64.2 Å². The molecular formula is C21H23FN4O. The third kappa shape index (κ3) is 5.41. The van der Waals surface area contributed by atoms with Crippen LogP contribution in [0.4, 0.5) is 4.39 Å². The SMILES string of the molecule is CN=C(NCCc1coc(-c2ccc(F)cc2)n1)NCc1ccc(C)cc1. The Morgan fingerprint density at radius 3 is 2.52 bits per heavy atom. The van der Waals surface area contributed by atoms with Crippen molar-refractivity contribution in [1.82, 2.24) is 15.6 Å². The van der Waals surface area contributed by atoms with Crippen LogP contribution in [0, 0.1) is 12.7 Å². The van der Waals surface area contributed by atoms with E-state index in [0.29, 0.717) is 25.4 Å². The van der Waals surface area contributed by atoms with Gasteiger partial charge in [0.2, 0.25) is 5.89 Å². The smallest absolute Gasteiger partial charge is 0.226 e. The van der Waals surface area contributed by atoms with Crippen LogP contribution in [-0.4, -0.2) is 24.5 Å². The summed E-state index contributed by atoms with van der Waals surface area (Å²) in [5, 5.41) is 6.55. The normalized spacial score (nSPS) is 11.4. The molecule has 1 heterocycles. The summed E-state index contributed by atoms with van der Waals surface area (Å²) in [6, 6.07) is 14.5. The highest BCUT2D eigenvalue weighted by molar-refractivity contribution is 5.79. The summed E-state index contributed by atoms with van der Waals surface area (Å²) in [7, 11) is 1.74. The Morgan fingerprint density at radius 1 is 1.07 bits per heavy atom. The highest BCUT2D eigenvalue weighted by Crippen LogP contribution is 2.18. The molecule has 27 heavy (non-hydrogen) atoms. The van der Waals surface area contributed by atoms with Gasteiger partial charge in [-0.3, -0.25) is 4.99 Å². The average Bonchev–Trinajstić information content (AvgIpc) is 3.15. The third-order valence-corrected chi connectivity index (χ3v) is 4.12. The van der Waals surface area contributed by atoms with Gasteiger partial charge in [0, 0.05) is 32.1 Å². The minimum Gasteiger partial charge on any atom is -0.444 e. The first-order chi connectivity index (χ1) is 13.1. The van der Waals surface area contributed by atoms with Crippen molar-refractivity contribution in [3.8, 4) is 11.5 Å². The summed E-state index contributed by atoms with van der Waals surface area (Å²) < 4.78 is 18.5. The lowest BCUT2D eigenvalue weighted by atomic mass is 10.1. The number of nitrogens with one attached hydrogen (secondary N) is 2. The zero-order chi connectivity index (χ0) is 19.1. The van der Waals surface area contributed by atoms with Gasteiger partial charge in [0.25, 0.3) is 0 Å². The van der Waals surface area contributed by atoms with E-state index in [-0.39, 0.29) is 5.82 Å². The van der Waals surface area contributed by atoms with E-state index in [1.807, 2.05) is 0 Å². The lowest BCUT2D eigenvalue weighted by Crippen LogP contribution is -2.37. The first-order valence-corrected chi connectivity index (χ1v) is 8.84. The number of aromatic nitrogens is 1. The number of hydrogen-bond acceptors (Lipinski definition) is 3. The number of oxazole rings is 1. The van der Waals surface area contributed by atoms with Crippen molar-refractivity contribution >= 4 is 5.96 Å². The Balaban J connectivity index is 1.47. The van der Waals surface area contributed by atoms with E-state index in [1.54, 1.807) is 25.4 Å². The highest BCUT2D eigenvalue weighted by atomic mass is 19.1. The minimum absolute atomic E-state index is 0.278. The molecule has 0 bridgehead atoms. The topological polar surface area (TPSA) is 62.5 Å². The minimum atomic E-state index is -0.278. The van der Waals surface area contributed by atoms with Gasteiger partial charge in [0.15, 0.2) is 5.96 Å². The fourth-order valence-electron chi connectivity index (χ4n) is 2.57. The molecule has 2 N–H and O–H groups in total. The number of aryl methyl sites for hydroxylation is 1. The molecule has 6 heteroatoms. The lowest BCUT2D eigenvalue weighted by molar-refractivity contribution is 0.571. The molecule has 0 saturated heterocycles. The molecule has 0 aliphatic rings. The predicted octanol–water partition coefficient (Wildman–Crippen LogP) is 3.70. The average molecular weight is 366 g/mol. The van der Waals surface area contributed by atoms with E-state index >= 15 is 0 Å². The first kappa shape index (κ1) is 18.6. The Kier molecular flexibility index (Phi) is 6.20. The van der Waals surface area contributed by atoms with Crippen LogP contribution >= 0.6 is 0 Å². The number of rotatable bonds is 6. The third-order valence-electron chi connectivity index (χ3n) is 4.12. The summed E-state index contributed by atoms with van der Waals surface area (Å²) in [6.45, 7) is 3.45. The Hall–Kier alpha value is -3.15. The lowest BCUT2D eigenvalue weighted by Gasteiger charge is -2.11. The molecule has 0 spiro atoms. The van der Waals surface area contributed by atoms with Gasteiger partial charge in [-0.25, -0.2) is 9.37 Å². The molecule has 0 saturated carbocycles. The number of benzene rings is 2. The highest BCUT2D eigenvalue weighted by Gasteiger charge is 2.07. The van der Waals surface area contributed by atoms with E-state index in [2.05, 4.69) is 51.8 Å². The molecule has 0 unspecified atom stereocenters. The zero-order valence-electron chi connectivity index (χ0n) is 15.5. The van der Waals surface area contributed by atoms with Crippen molar-refractivity contribution in [2.45, 2.75) is 19.9 Å². The maximum absolute atomic E-state index is 13.0. The largest absolute Gasteiger partial charge is 0.444 e. The molecule has 3 aromatic rings. The standard InChI is InChI=1S/C21H23FN4O/c1-15-3-5-16(6-4-15)13-25-21(23-2)24-12-11-19-14-27-20(26-19)17-7-9-18(22)10-8-17/h3-10,14H,11-13H2,1-2H3,(H2,23,24,25). The molecule has 140 valence electrons. The molecule has 0 amide bonds. The maximum atomic E-state index is 13.0. The van der Waals surface area contributed by atoms with Crippen LogP contribution in [0.1, 0.15) is 16.8 Å². The zero-order valence-corrected chi connectivity index (χ0v) is 15.5. The van der Waals surface area contributed by atoms with E-state index < -0.39 is 0 Å². The van der Waals surface area contributed by atoms with Gasteiger partial charge in [-0.2, -0.15) is 0 Å². The number of aliphatic imine (C=N–C) groups is 1. The van der Waals surface area contributed by atoms with Gasteiger partial charge >= 0.3 is 0 Å². The van der Waals surface area contributed by atoms with Crippen molar-refractivity contribution < 1.29 is 8.81 Å². The van der Waals surface area contributed by atoms with Crippen LogP contribution in [-0.2, 0) is 13.0 Å². The molecule has 2 aromatic carbocycles. The quantitative estimate of drug-likeness (QED) is 0.516. The van der Waals surface area contributed by atoms with Gasteiger partial charge in [-0.15, -0.1) is 0 Å². The van der Waals surface area contributed by atoms with Crippen LogP contribution < -0.4 is 10.6 Å². The van der Waals surface area contributed by atoms with Crippen molar-refractivity contribution in [2.75, 3.05) is 13.6 Å². The number of halogens is 1. The van der Waals surface area contributed by atoms with Gasteiger partial charge in [-0.05, 0) is 36.8 Å². The molecular weight excluding hydrogens is 343 g/mol. The van der Waals surface area contributed by atoms with E-state index in [0.717, 1.165) is 17.2 Å². The monoisotopic (exact) mass is 366 g/mol. The molecule has 0 fully saturated rings. The second-order valence-electron chi connectivity index (χ2n) is 6.24. The van der Waals surface area contributed by atoms with Crippen LogP contribution in [0.5, 0.6) is 0 Å². The van der Waals surface area contributed by atoms with Crippen LogP contribution in [0.3, 0.4) is 0 Å². The fourth-order valence-corrected chi connectivity index (χ4v) is 2.57. The van der Waals surface area contributed by atoms with Crippen molar-refractivity contribution in [3.05, 3.63) is 77.4 Å². The molecule has 0 aliphatic carbocycles. The maximum Gasteiger partial charge on any atom is 0.226 e. The summed E-state index contributed by atoms with van der Waals surface area (Å²) in [6.07, 6.45) is 2.32. The van der Waals surface area contributed by atoms with Crippen LogP contribution in [0.2, 0.25) is 0 Å². The van der Waals surface area contributed by atoms with Gasteiger partial charge in [0.05, 0.1) is 5.69 Å². The summed E-state index contributed by atoms with van der Waals surface area (Å²) >= 11 is 0. The molecule has 0 atom stereocenters. The van der Waals surface area contributed by atoms with Gasteiger partial charge in [0.1, 0.15) is 12.1 Å². The predicted molar refractivity (Wildman–Crippen MR) is 105 cm³/mol. The summed E-state index contributed by atoms with van der Waals surface area (Å²) in [5.41, 5.74) is 4.03. The van der Waals surface area contributed by atoms with E-state index in [9.17, 15) is 4.39 Å². The van der Waals surface area contributed by atoms with E-state index in [4.69, 9.17) is 4.42 Å². The van der Waals surface area contributed by atoms with Gasteiger partial charge in [-0.1, -0.05) is 29.8 Å². The van der Waals surface area contributed by atoms with Crippen molar-refractivity contribution in [2.24, 2.45) is 4.99 Å². The second-order valence-corrected chi connectivity index (χ2v) is 6.24.